The van der Waals surface area contributed by atoms with Crippen molar-refractivity contribution >= 4 is 27.5 Å². The number of benzene rings is 1. The molecule has 7 heteroatoms. The van der Waals surface area contributed by atoms with Gasteiger partial charge in [-0.25, -0.2) is 4.98 Å². The SMILES string of the molecule is CC(=O)N[C@@H](C)c1cc(C2CC(Oc3ccc4sc(C(C)C)nc4c3)C2)no1. The molecule has 4 rings (SSSR count). The number of ether oxygens (including phenoxy) is 1. The Bertz CT molecular complexity index is 988. The molecular formula is C21H25N3O3S. The van der Waals surface area contributed by atoms with Crippen molar-refractivity contribution in [2.24, 2.45) is 0 Å². The first-order chi connectivity index (χ1) is 13.4. The number of amides is 1. The largest absolute Gasteiger partial charge is 0.490 e. The molecule has 1 aromatic carbocycles. The van der Waals surface area contributed by atoms with E-state index in [1.54, 1.807) is 11.3 Å². The van der Waals surface area contributed by atoms with E-state index in [9.17, 15) is 4.79 Å². The maximum atomic E-state index is 11.2. The molecule has 1 N–H and O–H groups in total. The Morgan fingerprint density at radius 3 is 2.79 bits per heavy atom. The van der Waals surface area contributed by atoms with Crippen LogP contribution in [0.5, 0.6) is 5.75 Å². The van der Waals surface area contributed by atoms with Gasteiger partial charge in [0.1, 0.15) is 5.75 Å². The van der Waals surface area contributed by atoms with E-state index < -0.39 is 0 Å². The molecule has 148 valence electrons. The van der Waals surface area contributed by atoms with Crippen LogP contribution in [-0.2, 0) is 4.79 Å². The Morgan fingerprint density at radius 2 is 2.07 bits per heavy atom. The Kier molecular flexibility index (Phi) is 5.10. The van der Waals surface area contributed by atoms with Crippen molar-refractivity contribution in [1.82, 2.24) is 15.5 Å². The van der Waals surface area contributed by atoms with Gasteiger partial charge in [0.2, 0.25) is 5.91 Å². The maximum absolute atomic E-state index is 11.2. The highest BCUT2D eigenvalue weighted by molar-refractivity contribution is 7.18. The third kappa shape index (κ3) is 3.90. The highest BCUT2D eigenvalue weighted by atomic mass is 32.1. The molecule has 1 atom stereocenters. The number of rotatable bonds is 6. The Balaban J connectivity index is 1.35. The van der Waals surface area contributed by atoms with Crippen LogP contribution in [0.15, 0.2) is 28.8 Å². The van der Waals surface area contributed by atoms with Crippen LogP contribution in [0, 0.1) is 0 Å². The van der Waals surface area contributed by atoms with Gasteiger partial charge in [-0.15, -0.1) is 11.3 Å². The van der Waals surface area contributed by atoms with E-state index in [4.69, 9.17) is 14.2 Å². The summed E-state index contributed by atoms with van der Waals surface area (Å²) in [6.07, 6.45) is 2.00. The number of thiazole rings is 1. The summed E-state index contributed by atoms with van der Waals surface area (Å²) in [4.78, 5) is 15.9. The highest BCUT2D eigenvalue weighted by Crippen LogP contribution is 2.40. The lowest BCUT2D eigenvalue weighted by atomic mass is 9.80. The predicted octanol–water partition coefficient (Wildman–Crippen LogP) is 4.93. The van der Waals surface area contributed by atoms with Crippen LogP contribution in [-0.4, -0.2) is 22.2 Å². The smallest absolute Gasteiger partial charge is 0.217 e. The second-order valence-electron chi connectivity index (χ2n) is 7.82. The molecule has 6 nitrogen and oxygen atoms in total. The van der Waals surface area contributed by atoms with Gasteiger partial charge in [-0.05, 0) is 31.9 Å². The molecule has 1 aliphatic rings. The van der Waals surface area contributed by atoms with Gasteiger partial charge in [0.15, 0.2) is 5.76 Å². The minimum absolute atomic E-state index is 0.0832. The molecule has 1 saturated carbocycles. The normalized spacial score (nSPS) is 20.2. The summed E-state index contributed by atoms with van der Waals surface area (Å²) < 4.78 is 12.7. The molecule has 0 saturated heterocycles. The molecule has 28 heavy (non-hydrogen) atoms. The fraction of sp³-hybridized carbons (Fsp3) is 0.476. The monoisotopic (exact) mass is 399 g/mol. The van der Waals surface area contributed by atoms with Crippen LogP contribution in [0.25, 0.3) is 10.2 Å². The van der Waals surface area contributed by atoms with Crippen LogP contribution < -0.4 is 10.1 Å². The van der Waals surface area contributed by atoms with Crippen LogP contribution in [0.2, 0.25) is 0 Å². The summed E-state index contributed by atoms with van der Waals surface area (Å²) in [7, 11) is 0. The number of nitrogens with one attached hydrogen (secondary N) is 1. The van der Waals surface area contributed by atoms with Gasteiger partial charge < -0.3 is 14.6 Å². The molecule has 0 spiro atoms. The third-order valence-corrected chi connectivity index (χ3v) is 6.42. The van der Waals surface area contributed by atoms with E-state index in [1.807, 2.05) is 25.1 Å². The van der Waals surface area contributed by atoms with Gasteiger partial charge in [-0.3, -0.25) is 4.79 Å². The van der Waals surface area contributed by atoms with Gasteiger partial charge >= 0.3 is 0 Å². The standard InChI is InChI=1S/C21H25N3O3S/c1-11(2)21-23-18-9-15(5-6-20(18)28-21)26-16-7-14(8-16)17-10-19(27-24-17)12(3)22-13(4)25/h5-6,9-12,14,16H,7-8H2,1-4H3,(H,22,25)/t12-,14?,16?/m0/s1. The average molecular weight is 400 g/mol. The second-order valence-corrected chi connectivity index (χ2v) is 8.88. The van der Waals surface area contributed by atoms with Crippen molar-refractivity contribution in [2.45, 2.75) is 64.5 Å². The first kappa shape index (κ1) is 18.9. The number of hydrogen-bond acceptors (Lipinski definition) is 6. The molecule has 0 bridgehead atoms. The maximum Gasteiger partial charge on any atom is 0.217 e. The van der Waals surface area contributed by atoms with Crippen molar-refractivity contribution in [3.63, 3.8) is 0 Å². The summed E-state index contributed by atoms with van der Waals surface area (Å²) in [5.74, 6) is 2.25. The van der Waals surface area contributed by atoms with Crippen molar-refractivity contribution in [3.8, 4) is 5.75 Å². The van der Waals surface area contributed by atoms with Gasteiger partial charge in [0.05, 0.1) is 33.1 Å². The first-order valence-electron chi connectivity index (χ1n) is 9.69. The molecule has 2 heterocycles. The zero-order valence-electron chi connectivity index (χ0n) is 16.6. The summed E-state index contributed by atoms with van der Waals surface area (Å²) in [6, 6.07) is 7.93. The number of aromatic nitrogens is 2. The van der Waals surface area contributed by atoms with E-state index in [0.29, 0.717) is 17.6 Å². The first-order valence-corrected chi connectivity index (χ1v) is 10.5. The molecule has 1 amide bonds. The molecule has 0 aliphatic heterocycles. The zero-order chi connectivity index (χ0) is 19.8. The Morgan fingerprint density at radius 1 is 1.29 bits per heavy atom. The topological polar surface area (TPSA) is 77.2 Å². The predicted molar refractivity (Wildman–Crippen MR) is 109 cm³/mol. The Labute approximate surface area is 168 Å². The van der Waals surface area contributed by atoms with E-state index in [2.05, 4.69) is 30.4 Å². The van der Waals surface area contributed by atoms with Crippen LogP contribution in [0.4, 0.5) is 0 Å². The van der Waals surface area contributed by atoms with Gasteiger partial charge in [-0.2, -0.15) is 0 Å². The molecule has 3 aromatic rings. The fourth-order valence-electron chi connectivity index (χ4n) is 3.42. The Hall–Kier alpha value is -2.41. The van der Waals surface area contributed by atoms with Crippen molar-refractivity contribution < 1.29 is 14.1 Å². The lowest BCUT2D eigenvalue weighted by Gasteiger charge is -2.34. The minimum Gasteiger partial charge on any atom is -0.490 e. The number of hydrogen-bond donors (Lipinski definition) is 1. The quantitative estimate of drug-likeness (QED) is 0.636. The van der Waals surface area contributed by atoms with E-state index in [-0.39, 0.29) is 18.1 Å². The van der Waals surface area contributed by atoms with E-state index in [1.165, 1.54) is 11.6 Å². The van der Waals surface area contributed by atoms with Crippen molar-refractivity contribution in [2.75, 3.05) is 0 Å². The second kappa shape index (κ2) is 7.54. The minimum atomic E-state index is -0.175. The number of fused-ring (bicyclic) bond motifs is 1. The lowest BCUT2D eigenvalue weighted by molar-refractivity contribution is -0.119. The molecule has 1 aliphatic carbocycles. The van der Waals surface area contributed by atoms with Gasteiger partial charge in [-0.1, -0.05) is 19.0 Å². The van der Waals surface area contributed by atoms with Crippen LogP contribution >= 0.6 is 11.3 Å². The van der Waals surface area contributed by atoms with Gasteiger partial charge in [0, 0.05) is 30.9 Å². The molecular weight excluding hydrogens is 374 g/mol. The molecule has 0 unspecified atom stereocenters. The summed E-state index contributed by atoms with van der Waals surface area (Å²) in [5.41, 5.74) is 1.94. The van der Waals surface area contributed by atoms with Crippen LogP contribution in [0.3, 0.4) is 0 Å². The lowest BCUT2D eigenvalue weighted by Crippen LogP contribution is -2.32. The van der Waals surface area contributed by atoms with Gasteiger partial charge in [0.25, 0.3) is 0 Å². The van der Waals surface area contributed by atoms with Crippen molar-refractivity contribution in [3.05, 3.63) is 40.7 Å². The highest BCUT2D eigenvalue weighted by Gasteiger charge is 2.34. The molecule has 2 aromatic heterocycles. The molecule has 1 fully saturated rings. The summed E-state index contributed by atoms with van der Waals surface area (Å²) in [5, 5.41) is 8.15. The van der Waals surface area contributed by atoms with Crippen LogP contribution in [0.1, 0.15) is 74.9 Å². The number of nitrogens with zero attached hydrogens (tertiary/aromatic N) is 2. The average Bonchev–Trinajstić information content (AvgIpc) is 3.23. The molecule has 0 radical (unpaired) electrons. The zero-order valence-corrected chi connectivity index (χ0v) is 17.4. The van der Waals surface area contributed by atoms with Crippen molar-refractivity contribution in [1.29, 1.82) is 0 Å². The van der Waals surface area contributed by atoms with E-state index >= 15 is 0 Å². The summed E-state index contributed by atoms with van der Waals surface area (Å²) in [6.45, 7) is 7.71. The fourth-order valence-corrected chi connectivity index (χ4v) is 4.37. The third-order valence-electron chi connectivity index (χ3n) is 5.08. The summed E-state index contributed by atoms with van der Waals surface area (Å²) >= 11 is 1.75. The van der Waals surface area contributed by atoms with E-state index in [0.717, 1.165) is 34.8 Å². The number of carbonyl (C=O) groups excluding carboxylic acids is 1. The number of carbonyl (C=O) groups is 1.